The molecule has 0 aliphatic carbocycles. The molecule has 2 aromatic rings. The molecule has 0 aliphatic heterocycles. The van der Waals surface area contributed by atoms with Crippen LogP contribution >= 0.6 is 23.2 Å². The first-order chi connectivity index (χ1) is 11.7. The van der Waals surface area contributed by atoms with Gasteiger partial charge in [0.15, 0.2) is 0 Å². The third-order valence-electron chi connectivity index (χ3n) is 3.98. The summed E-state index contributed by atoms with van der Waals surface area (Å²) in [5.41, 5.74) is 3.03. The number of hydrogen-bond donors (Lipinski definition) is 1. The Balaban J connectivity index is 2.31. The first kappa shape index (κ1) is 19.3. The summed E-state index contributed by atoms with van der Waals surface area (Å²) in [6.07, 6.45) is 0.0973. The summed E-state index contributed by atoms with van der Waals surface area (Å²) < 4.78 is 1.70. The first-order valence-electron chi connectivity index (χ1n) is 7.74. The van der Waals surface area contributed by atoms with Crippen LogP contribution in [0.1, 0.15) is 23.9 Å². The molecule has 0 bridgehead atoms. The number of hydrogen-bond acceptors (Lipinski definition) is 3. The summed E-state index contributed by atoms with van der Waals surface area (Å²) in [5, 5.41) is 14.3. The van der Waals surface area contributed by atoms with Crippen LogP contribution in [0, 0.1) is 13.8 Å². The second kappa shape index (κ2) is 7.89. The molecular formula is C17H19Cl2N3O3. The van der Waals surface area contributed by atoms with E-state index in [2.05, 4.69) is 5.10 Å². The summed E-state index contributed by atoms with van der Waals surface area (Å²) >= 11 is 12.0. The smallest absolute Gasteiger partial charge is 0.323 e. The fourth-order valence-corrected chi connectivity index (χ4v) is 2.89. The minimum Gasteiger partial charge on any atom is -0.480 e. The van der Waals surface area contributed by atoms with Crippen molar-refractivity contribution in [3.8, 4) is 5.69 Å². The quantitative estimate of drug-likeness (QED) is 0.830. The molecule has 0 saturated heterocycles. The zero-order chi connectivity index (χ0) is 18.7. The van der Waals surface area contributed by atoms with E-state index < -0.39 is 5.97 Å². The summed E-state index contributed by atoms with van der Waals surface area (Å²) in [6, 6.07) is 5.19. The number of aryl methyl sites for hydroxylation is 1. The van der Waals surface area contributed by atoms with Gasteiger partial charge in [0.2, 0.25) is 5.91 Å². The van der Waals surface area contributed by atoms with Gasteiger partial charge in [-0.3, -0.25) is 9.59 Å². The highest BCUT2D eigenvalue weighted by Gasteiger charge is 2.20. The fraction of sp³-hybridized carbons (Fsp3) is 0.353. The van der Waals surface area contributed by atoms with Crippen LogP contribution in [-0.2, 0) is 16.0 Å². The third kappa shape index (κ3) is 4.32. The van der Waals surface area contributed by atoms with E-state index in [0.717, 1.165) is 16.9 Å². The molecule has 0 fully saturated rings. The Kier molecular flexibility index (Phi) is 6.08. The number of halogens is 2. The predicted molar refractivity (Wildman–Crippen MR) is 96.7 cm³/mol. The molecule has 6 nitrogen and oxygen atoms in total. The normalized spacial score (nSPS) is 10.8. The van der Waals surface area contributed by atoms with Crippen molar-refractivity contribution in [1.29, 1.82) is 0 Å². The second-order valence-corrected chi connectivity index (χ2v) is 6.45. The van der Waals surface area contributed by atoms with E-state index in [1.807, 2.05) is 13.8 Å². The lowest BCUT2D eigenvalue weighted by Gasteiger charge is -2.18. The number of likely N-dealkylation sites (N-methyl/N-ethyl adjacent to an activating group) is 1. The lowest BCUT2D eigenvalue weighted by molar-refractivity contribution is -0.144. The van der Waals surface area contributed by atoms with Gasteiger partial charge in [0.05, 0.1) is 27.8 Å². The summed E-state index contributed by atoms with van der Waals surface area (Å²) in [6.45, 7) is 5.45. The molecule has 0 spiro atoms. The lowest BCUT2D eigenvalue weighted by Crippen LogP contribution is -2.36. The SMILES string of the molecule is CCN(CC(=O)O)C(=O)Cc1c(C)nn(-c2ccc(Cl)c(Cl)c2)c1C. The van der Waals surface area contributed by atoms with Gasteiger partial charge >= 0.3 is 5.97 Å². The average molecular weight is 384 g/mol. The molecule has 1 aromatic heterocycles. The second-order valence-electron chi connectivity index (χ2n) is 5.64. The van der Waals surface area contributed by atoms with Gasteiger partial charge in [-0.1, -0.05) is 23.2 Å². The fourth-order valence-electron chi connectivity index (χ4n) is 2.60. The average Bonchev–Trinajstić information content (AvgIpc) is 2.83. The number of carbonyl (C=O) groups excluding carboxylic acids is 1. The highest BCUT2D eigenvalue weighted by atomic mass is 35.5. The van der Waals surface area contributed by atoms with Gasteiger partial charge in [0.25, 0.3) is 0 Å². The van der Waals surface area contributed by atoms with Crippen LogP contribution in [-0.4, -0.2) is 44.8 Å². The van der Waals surface area contributed by atoms with E-state index >= 15 is 0 Å². The summed E-state index contributed by atoms with van der Waals surface area (Å²) in [4.78, 5) is 24.6. The monoisotopic (exact) mass is 383 g/mol. The van der Waals surface area contributed by atoms with Crippen LogP contribution in [0.25, 0.3) is 5.69 Å². The zero-order valence-corrected chi connectivity index (χ0v) is 15.7. The molecule has 0 unspecified atom stereocenters. The molecule has 1 aromatic carbocycles. The molecule has 0 aliphatic rings. The molecule has 0 radical (unpaired) electrons. The molecule has 25 heavy (non-hydrogen) atoms. The molecule has 1 heterocycles. The van der Waals surface area contributed by atoms with Crippen molar-refractivity contribution in [3.05, 3.63) is 45.2 Å². The number of carboxylic acid groups (broad SMARTS) is 1. The number of benzene rings is 1. The van der Waals surface area contributed by atoms with Gasteiger partial charge in [-0.2, -0.15) is 5.10 Å². The van der Waals surface area contributed by atoms with Crippen LogP contribution in [0.2, 0.25) is 10.0 Å². The maximum atomic E-state index is 12.4. The number of aromatic nitrogens is 2. The van der Waals surface area contributed by atoms with Crippen molar-refractivity contribution in [2.45, 2.75) is 27.2 Å². The number of carboxylic acids is 1. The van der Waals surface area contributed by atoms with Crippen molar-refractivity contribution in [3.63, 3.8) is 0 Å². The lowest BCUT2D eigenvalue weighted by atomic mass is 10.1. The van der Waals surface area contributed by atoms with Crippen molar-refractivity contribution in [2.75, 3.05) is 13.1 Å². The molecule has 1 N–H and O–H groups in total. The predicted octanol–water partition coefficient (Wildman–Crippen LogP) is 3.27. The van der Waals surface area contributed by atoms with Crippen molar-refractivity contribution in [2.24, 2.45) is 0 Å². The maximum absolute atomic E-state index is 12.4. The van der Waals surface area contributed by atoms with E-state index in [9.17, 15) is 9.59 Å². The standard InChI is InChI=1S/C17H19Cl2N3O3/c1-4-21(9-17(24)25)16(23)8-13-10(2)20-22(11(13)3)12-5-6-14(18)15(19)7-12/h5-7H,4,8-9H2,1-3H3,(H,24,25). The van der Waals surface area contributed by atoms with Crippen LogP contribution in [0.15, 0.2) is 18.2 Å². The molecule has 0 atom stereocenters. The third-order valence-corrected chi connectivity index (χ3v) is 4.72. The highest BCUT2D eigenvalue weighted by Crippen LogP contribution is 2.26. The van der Waals surface area contributed by atoms with Crippen LogP contribution < -0.4 is 0 Å². The summed E-state index contributed by atoms with van der Waals surface area (Å²) in [7, 11) is 0. The van der Waals surface area contributed by atoms with E-state index in [1.165, 1.54) is 4.90 Å². The number of rotatable bonds is 6. The van der Waals surface area contributed by atoms with Crippen molar-refractivity contribution < 1.29 is 14.7 Å². The number of amides is 1. The van der Waals surface area contributed by atoms with E-state index in [4.69, 9.17) is 28.3 Å². The Hall–Kier alpha value is -2.05. The largest absolute Gasteiger partial charge is 0.480 e. The molecule has 8 heteroatoms. The highest BCUT2D eigenvalue weighted by molar-refractivity contribution is 6.42. The number of nitrogens with zero attached hydrogens (tertiary/aromatic N) is 3. The van der Waals surface area contributed by atoms with Crippen LogP contribution in [0.5, 0.6) is 0 Å². The van der Waals surface area contributed by atoms with Gasteiger partial charge in [-0.15, -0.1) is 0 Å². The molecular weight excluding hydrogens is 365 g/mol. The summed E-state index contributed by atoms with van der Waals surface area (Å²) in [5.74, 6) is -1.28. The number of carbonyl (C=O) groups is 2. The van der Waals surface area contributed by atoms with Gasteiger partial charge in [0, 0.05) is 17.8 Å². The minimum atomic E-state index is -1.03. The first-order valence-corrected chi connectivity index (χ1v) is 8.50. The molecule has 134 valence electrons. The van der Waals surface area contributed by atoms with Gasteiger partial charge in [-0.05, 0) is 39.0 Å². The Labute approximate surface area is 155 Å². The van der Waals surface area contributed by atoms with Gasteiger partial charge < -0.3 is 10.0 Å². The zero-order valence-electron chi connectivity index (χ0n) is 14.2. The minimum absolute atomic E-state index is 0.0973. The number of aliphatic carboxylic acids is 1. The van der Waals surface area contributed by atoms with E-state index in [0.29, 0.717) is 22.3 Å². The Morgan fingerprint density at radius 2 is 1.92 bits per heavy atom. The van der Waals surface area contributed by atoms with E-state index in [1.54, 1.807) is 29.8 Å². The maximum Gasteiger partial charge on any atom is 0.323 e. The molecule has 2 rings (SSSR count). The van der Waals surface area contributed by atoms with Crippen LogP contribution in [0.4, 0.5) is 0 Å². The molecule has 1 amide bonds. The van der Waals surface area contributed by atoms with Crippen molar-refractivity contribution in [1.82, 2.24) is 14.7 Å². The topological polar surface area (TPSA) is 75.4 Å². The van der Waals surface area contributed by atoms with Crippen molar-refractivity contribution >= 4 is 35.1 Å². The Morgan fingerprint density at radius 1 is 1.24 bits per heavy atom. The van der Waals surface area contributed by atoms with Gasteiger partial charge in [0.1, 0.15) is 6.54 Å². The molecule has 0 saturated carbocycles. The van der Waals surface area contributed by atoms with E-state index in [-0.39, 0.29) is 18.9 Å². The Morgan fingerprint density at radius 3 is 2.48 bits per heavy atom. The van der Waals surface area contributed by atoms with Crippen LogP contribution in [0.3, 0.4) is 0 Å². The Bertz CT molecular complexity index is 818. The van der Waals surface area contributed by atoms with Gasteiger partial charge in [-0.25, -0.2) is 4.68 Å².